The normalized spacial score (nSPS) is 14.1. The monoisotopic (exact) mass is 474 g/mol. The average Bonchev–Trinajstić information content (AvgIpc) is 3.00. The number of fused-ring (bicyclic) bond motifs is 3. The van der Waals surface area contributed by atoms with E-state index in [0.717, 1.165) is 19.3 Å². The van der Waals surface area contributed by atoms with E-state index in [1.54, 1.807) is 0 Å². The van der Waals surface area contributed by atoms with Crippen molar-refractivity contribution in [1.29, 1.82) is 0 Å². The van der Waals surface area contributed by atoms with Crippen molar-refractivity contribution in [3.05, 3.63) is 65.3 Å². The first-order chi connectivity index (χ1) is 13.3. The minimum absolute atomic E-state index is 0. The van der Waals surface area contributed by atoms with Crippen LogP contribution in [0.1, 0.15) is 50.2 Å². The van der Waals surface area contributed by atoms with E-state index in [1.807, 2.05) is 38.1 Å². The first kappa shape index (κ1) is 25.9. The van der Waals surface area contributed by atoms with Gasteiger partial charge in [0, 0.05) is 45.2 Å². The van der Waals surface area contributed by atoms with Gasteiger partial charge in [0.2, 0.25) is 0 Å². The molecule has 7 heteroatoms. The summed E-state index contributed by atoms with van der Waals surface area (Å²) < 4.78 is 5.18. The number of esters is 1. The Hall–Kier alpha value is -1.15. The molecule has 0 saturated heterocycles. The molecule has 2 aliphatic rings. The molecule has 0 amide bonds. The van der Waals surface area contributed by atoms with E-state index in [0.29, 0.717) is 6.61 Å². The summed E-state index contributed by atoms with van der Waals surface area (Å²) in [5, 5.41) is 0. The van der Waals surface area contributed by atoms with Crippen LogP contribution in [0.15, 0.2) is 48.5 Å². The van der Waals surface area contributed by atoms with Gasteiger partial charge in [-0.15, -0.1) is 0 Å². The molecule has 155 valence electrons. The Kier molecular flexibility index (Phi) is 11.8. The van der Waals surface area contributed by atoms with Gasteiger partial charge in [0.1, 0.15) is 12.7 Å². The maximum Gasteiger partial charge on any atom is 0.330 e. The molecule has 2 aromatic rings. The molecule has 1 saturated carbocycles. The van der Waals surface area contributed by atoms with Crippen molar-refractivity contribution in [2.24, 2.45) is 0 Å². The van der Waals surface area contributed by atoms with E-state index in [1.165, 1.54) is 22.3 Å². The maximum absolute atomic E-state index is 11.5. The third kappa shape index (κ3) is 6.41. The number of rotatable bonds is 7. The fourth-order valence-electron chi connectivity index (χ4n) is 3.37. The van der Waals surface area contributed by atoms with Gasteiger partial charge in [-0.3, -0.25) is 0 Å². The molecular weight excluding hydrogens is 445 g/mol. The van der Waals surface area contributed by atoms with Gasteiger partial charge < -0.3 is 26.2 Å². The summed E-state index contributed by atoms with van der Waals surface area (Å²) in [5.41, 5.74) is 8.49. The molecule has 3 N–H and O–H groups in total. The Morgan fingerprint density at radius 3 is 2.03 bits per heavy atom. The molecule has 1 fully saturated rings. The second-order valence-electron chi connectivity index (χ2n) is 6.41. The van der Waals surface area contributed by atoms with Crippen LogP contribution in [-0.4, -0.2) is 25.3 Å². The summed E-state index contributed by atoms with van der Waals surface area (Å²) in [7, 11) is 0. The van der Waals surface area contributed by atoms with Crippen molar-refractivity contribution < 1.29 is 51.9 Å². The predicted molar refractivity (Wildman–Crippen MR) is 109 cm³/mol. The third-order valence-electron chi connectivity index (χ3n) is 4.84. The summed E-state index contributed by atoms with van der Waals surface area (Å²) in [6.07, 6.45) is 3.07. The van der Waals surface area contributed by atoms with E-state index in [9.17, 15) is 4.79 Å². The van der Waals surface area contributed by atoms with Crippen LogP contribution in [0.25, 0.3) is 16.8 Å². The quantitative estimate of drug-likeness (QED) is 0.333. The summed E-state index contributed by atoms with van der Waals surface area (Å²) in [6, 6.07) is 16.6. The van der Waals surface area contributed by atoms with Crippen LogP contribution in [0.4, 0.5) is 0 Å². The molecule has 0 aromatic heterocycles. The minimum atomic E-state index is -0.395. The SMILES string of the molecule is CC.N.O=C(CO[N-]OCC1c2ccccc2-c2ccccc21)OC1CCC1.[Y]. The number of benzene rings is 2. The molecular formula is C22H29N2O4Y-. The van der Waals surface area contributed by atoms with Gasteiger partial charge in [-0.1, -0.05) is 62.4 Å². The zero-order chi connectivity index (χ0) is 19.1. The van der Waals surface area contributed by atoms with Crippen LogP contribution in [0.3, 0.4) is 0 Å². The van der Waals surface area contributed by atoms with Gasteiger partial charge in [0.25, 0.3) is 0 Å². The number of hydrogen-bond donors (Lipinski definition) is 1. The van der Waals surface area contributed by atoms with Crippen LogP contribution >= 0.6 is 0 Å². The molecule has 4 rings (SSSR count). The second-order valence-corrected chi connectivity index (χ2v) is 6.41. The Bertz CT molecular complexity index is 722. The second kappa shape index (κ2) is 13.2. The van der Waals surface area contributed by atoms with E-state index in [4.69, 9.17) is 14.4 Å². The summed E-state index contributed by atoms with van der Waals surface area (Å²) >= 11 is 0. The number of carbonyl (C=O) groups excluding carboxylic acids is 1. The topological polar surface area (TPSA) is 93.9 Å². The van der Waals surface area contributed by atoms with Crippen molar-refractivity contribution >= 4 is 5.97 Å². The molecule has 0 bridgehead atoms. The van der Waals surface area contributed by atoms with Crippen molar-refractivity contribution in [2.45, 2.75) is 45.1 Å². The minimum Gasteiger partial charge on any atom is -0.461 e. The summed E-state index contributed by atoms with van der Waals surface area (Å²) in [5.74, 6) is -0.282. The Morgan fingerprint density at radius 1 is 0.966 bits per heavy atom. The summed E-state index contributed by atoms with van der Waals surface area (Å²) in [6.45, 7) is 4.15. The first-order valence-corrected chi connectivity index (χ1v) is 9.65. The zero-order valence-electron chi connectivity index (χ0n) is 17.2. The van der Waals surface area contributed by atoms with E-state index in [-0.39, 0.29) is 57.5 Å². The van der Waals surface area contributed by atoms with Crippen molar-refractivity contribution in [2.75, 3.05) is 13.2 Å². The number of hydrogen-bond acceptors (Lipinski definition) is 5. The van der Waals surface area contributed by atoms with Crippen molar-refractivity contribution in [1.82, 2.24) is 6.15 Å². The van der Waals surface area contributed by atoms with Gasteiger partial charge >= 0.3 is 5.97 Å². The first-order valence-electron chi connectivity index (χ1n) is 9.65. The maximum atomic E-state index is 11.5. The fraction of sp³-hybridized carbons (Fsp3) is 0.409. The summed E-state index contributed by atoms with van der Waals surface area (Å²) in [4.78, 5) is 21.8. The molecule has 2 aromatic carbocycles. The number of nitrogens with zero attached hydrogens (tertiary/aromatic N) is 1. The van der Waals surface area contributed by atoms with Crippen molar-refractivity contribution in [3.63, 3.8) is 0 Å². The molecule has 0 atom stereocenters. The molecule has 6 nitrogen and oxygen atoms in total. The number of carbonyl (C=O) groups is 1. The zero-order valence-corrected chi connectivity index (χ0v) is 20.0. The smallest absolute Gasteiger partial charge is 0.330 e. The molecule has 29 heavy (non-hydrogen) atoms. The van der Waals surface area contributed by atoms with Crippen molar-refractivity contribution in [3.8, 4) is 11.1 Å². The molecule has 2 aliphatic carbocycles. The van der Waals surface area contributed by atoms with Crippen LogP contribution in [0.5, 0.6) is 0 Å². The van der Waals surface area contributed by atoms with E-state index < -0.39 is 5.97 Å². The van der Waals surface area contributed by atoms with Gasteiger partial charge in [0.05, 0.1) is 0 Å². The van der Waals surface area contributed by atoms with Gasteiger partial charge in [0.15, 0.2) is 0 Å². The molecule has 0 unspecified atom stereocenters. The molecule has 0 spiro atoms. The standard InChI is InChI=1S/C20H20NO4.C2H6.H3N.Y/c22-20(25-14-6-5-7-14)13-24-21-23-12-19-17-10-3-1-8-15(17)16-9-2-4-11-18(16)19;1-2;;/h1-4,8-11,14,19H,5-7,12-13H2;1-2H3;1H3;/q-1;;;. The third-order valence-corrected chi connectivity index (χ3v) is 4.84. The largest absolute Gasteiger partial charge is 0.461 e. The molecule has 1 radical (unpaired) electrons. The average molecular weight is 474 g/mol. The van der Waals surface area contributed by atoms with Crippen LogP contribution in [0, 0.1) is 0 Å². The number of ether oxygens (including phenoxy) is 1. The van der Waals surface area contributed by atoms with Gasteiger partial charge in [-0.2, -0.15) is 0 Å². The van der Waals surface area contributed by atoms with Gasteiger partial charge in [-0.05, 0) is 41.5 Å². The molecule has 0 heterocycles. The fourth-order valence-corrected chi connectivity index (χ4v) is 3.37. The molecule has 0 aliphatic heterocycles. The Morgan fingerprint density at radius 2 is 1.52 bits per heavy atom. The van der Waals surface area contributed by atoms with E-state index in [2.05, 4.69) is 29.9 Å². The van der Waals surface area contributed by atoms with Gasteiger partial charge in [-0.25, -0.2) is 4.79 Å². The predicted octanol–water partition coefficient (Wildman–Crippen LogP) is 5.32. The Balaban J connectivity index is 0.00000102. The van der Waals surface area contributed by atoms with Crippen LogP contribution in [0.2, 0.25) is 0 Å². The van der Waals surface area contributed by atoms with Crippen LogP contribution < -0.4 is 6.15 Å². The van der Waals surface area contributed by atoms with E-state index >= 15 is 0 Å². The van der Waals surface area contributed by atoms with Crippen LogP contribution in [-0.2, 0) is 51.9 Å². The Labute approximate surface area is 198 Å².